The summed E-state index contributed by atoms with van der Waals surface area (Å²) in [7, 11) is 0. The fourth-order valence-corrected chi connectivity index (χ4v) is 2.50. The van der Waals surface area contributed by atoms with E-state index < -0.39 is 17.8 Å². The number of amides is 1. The summed E-state index contributed by atoms with van der Waals surface area (Å²) in [6.07, 6.45) is -0.817. The van der Waals surface area contributed by atoms with Crippen molar-refractivity contribution in [3.63, 3.8) is 0 Å². The molecule has 1 aromatic rings. The average molecular weight is 351 g/mol. The van der Waals surface area contributed by atoms with Crippen molar-refractivity contribution in [1.82, 2.24) is 4.90 Å². The number of ether oxygens (including phenoxy) is 3. The van der Waals surface area contributed by atoms with Crippen molar-refractivity contribution in [2.24, 2.45) is 0 Å². The molecule has 1 aromatic carbocycles. The molecule has 1 amide bonds. The van der Waals surface area contributed by atoms with Crippen molar-refractivity contribution < 1.29 is 24.1 Å². The van der Waals surface area contributed by atoms with Gasteiger partial charge in [0.05, 0.1) is 38.6 Å². The maximum Gasteiger partial charge on any atom is 0.410 e. The number of hydrogen-bond acceptors (Lipinski definition) is 5. The fourth-order valence-electron chi connectivity index (χ4n) is 2.50. The Balaban J connectivity index is 1.89. The number of aliphatic hydroxyl groups excluding tert-OH is 1. The van der Waals surface area contributed by atoms with E-state index in [9.17, 15) is 9.90 Å². The van der Waals surface area contributed by atoms with Crippen molar-refractivity contribution in [3.8, 4) is 0 Å². The van der Waals surface area contributed by atoms with Crippen LogP contribution in [-0.2, 0) is 20.8 Å². The Hall–Kier alpha value is -1.63. The molecule has 0 bridgehead atoms. The third-order valence-electron chi connectivity index (χ3n) is 3.75. The van der Waals surface area contributed by atoms with Crippen LogP contribution < -0.4 is 0 Å². The second kappa shape index (κ2) is 9.17. The summed E-state index contributed by atoms with van der Waals surface area (Å²) in [6, 6.07) is 9.88. The number of aliphatic hydroxyl groups is 1. The van der Waals surface area contributed by atoms with Gasteiger partial charge >= 0.3 is 6.09 Å². The van der Waals surface area contributed by atoms with Crippen LogP contribution in [0.1, 0.15) is 32.8 Å². The molecule has 6 nitrogen and oxygen atoms in total. The molecule has 1 N–H and O–H groups in total. The molecule has 1 aliphatic rings. The van der Waals surface area contributed by atoms with Crippen molar-refractivity contribution >= 4 is 6.09 Å². The Labute approximate surface area is 149 Å². The minimum Gasteiger partial charge on any atom is -0.444 e. The lowest BCUT2D eigenvalue weighted by molar-refractivity contribution is -0.0801. The summed E-state index contributed by atoms with van der Waals surface area (Å²) in [5, 5.41) is 9.92. The van der Waals surface area contributed by atoms with Gasteiger partial charge in [0, 0.05) is 6.54 Å². The lowest BCUT2D eigenvalue weighted by Gasteiger charge is -2.33. The van der Waals surface area contributed by atoms with Crippen molar-refractivity contribution in [2.75, 3.05) is 26.3 Å². The maximum absolute atomic E-state index is 12.4. The minimum absolute atomic E-state index is 0.252. The molecule has 2 rings (SSSR count). The number of benzene rings is 1. The molecular formula is C19H29NO5. The van der Waals surface area contributed by atoms with Crippen LogP contribution in [0.3, 0.4) is 0 Å². The molecule has 1 saturated heterocycles. The smallest absolute Gasteiger partial charge is 0.410 e. The number of carbonyl (C=O) groups excluding carboxylic acids is 1. The third kappa shape index (κ3) is 7.42. The number of rotatable bonds is 4. The first-order valence-electron chi connectivity index (χ1n) is 8.73. The first-order valence-corrected chi connectivity index (χ1v) is 8.73. The molecule has 1 aliphatic heterocycles. The number of nitrogens with zero attached hydrogens (tertiary/aromatic N) is 1. The predicted molar refractivity (Wildman–Crippen MR) is 94.3 cm³/mol. The van der Waals surface area contributed by atoms with Crippen molar-refractivity contribution in [3.05, 3.63) is 35.9 Å². The van der Waals surface area contributed by atoms with E-state index >= 15 is 0 Å². The fraction of sp³-hybridized carbons (Fsp3) is 0.632. The van der Waals surface area contributed by atoms with Crippen LogP contribution in [0.4, 0.5) is 4.79 Å². The summed E-state index contributed by atoms with van der Waals surface area (Å²) in [5.74, 6) is 0. The van der Waals surface area contributed by atoms with Gasteiger partial charge in [-0.1, -0.05) is 30.3 Å². The number of hydrogen-bond donors (Lipinski definition) is 1. The zero-order valence-electron chi connectivity index (χ0n) is 15.3. The first kappa shape index (κ1) is 19.7. The second-order valence-electron chi connectivity index (χ2n) is 7.32. The van der Waals surface area contributed by atoms with Gasteiger partial charge in [0.15, 0.2) is 0 Å². The molecule has 1 fully saturated rings. The summed E-state index contributed by atoms with van der Waals surface area (Å²) in [5.41, 5.74) is 0.524. The lowest BCUT2D eigenvalue weighted by Crippen LogP contribution is -2.46. The van der Waals surface area contributed by atoms with Gasteiger partial charge in [0.2, 0.25) is 0 Å². The monoisotopic (exact) mass is 351 g/mol. The lowest BCUT2D eigenvalue weighted by atomic mass is 10.2. The maximum atomic E-state index is 12.4. The zero-order chi connectivity index (χ0) is 18.3. The quantitative estimate of drug-likeness (QED) is 0.903. The van der Waals surface area contributed by atoms with Gasteiger partial charge in [-0.25, -0.2) is 4.79 Å². The molecular weight excluding hydrogens is 322 g/mol. The molecule has 0 radical (unpaired) electrons. The van der Waals surface area contributed by atoms with E-state index in [-0.39, 0.29) is 12.7 Å². The van der Waals surface area contributed by atoms with Gasteiger partial charge in [0.25, 0.3) is 0 Å². The Kier molecular flexibility index (Phi) is 7.23. The van der Waals surface area contributed by atoms with Crippen LogP contribution in [0.2, 0.25) is 0 Å². The van der Waals surface area contributed by atoms with Gasteiger partial charge in [-0.15, -0.1) is 0 Å². The van der Waals surface area contributed by atoms with Gasteiger partial charge in [0.1, 0.15) is 5.60 Å². The summed E-state index contributed by atoms with van der Waals surface area (Å²) >= 11 is 0. The summed E-state index contributed by atoms with van der Waals surface area (Å²) in [6.45, 7) is 7.41. The van der Waals surface area contributed by atoms with Crippen LogP contribution >= 0.6 is 0 Å². The van der Waals surface area contributed by atoms with Crippen LogP contribution in [-0.4, -0.2) is 60.2 Å². The van der Waals surface area contributed by atoms with E-state index in [1.165, 1.54) is 0 Å². The summed E-state index contributed by atoms with van der Waals surface area (Å²) < 4.78 is 16.9. The molecule has 25 heavy (non-hydrogen) atoms. The zero-order valence-corrected chi connectivity index (χ0v) is 15.3. The van der Waals surface area contributed by atoms with E-state index in [1.54, 1.807) is 4.90 Å². The normalized spacial score (nSPS) is 22.2. The van der Waals surface area contributed by atoms with Gasteiger partial charge in [-0.2, -0.15) is 0 Å². The Morgan fingerprint density at radius 2 is 2.04 bits per heavy atom. The first-order chi connectivity index (χ1) is 11.8. The van der Waals surface area contributed by atoms with Gasteiger partial charge < -0.3 is 24.2 Å². The minimum atomic E-state index is -0.595. The van der Waals surface area contributed by atoms with Gasteiger partial charge in [-0.3, -0.25) is 0 Å². The molecule has 0 spiro atoms. The second-order valence-corrected chi connectivity index (χ2v) is 7.32. The molecule has 6 heteroatoms. The standard InChI is InChI=1S/C19H29NO5/c1-19(2,3)25-18(22)20-10-9-16(21)13-24-17(11-20)14-23-12-15-7-5-4-6-8-15/h4-8,16-17,21H,9-14H2,1-3H3/t16-,17-/m0/s1. The highest BCUT2D eigenvalue weighted by Crippen LogP contribution is 2.14. The topological polar surface area (TPSA) is 68.2 Å². The molecule has 0 saturated carbocycles. The van der Waals surface area contributed by atoms with E-state index in [2.05, 4.69) is 0 Å². The van der Waals surface area contributed by atoms with Crippen LogP contribution in [0, 0.1) is 0 Å². The van der Waals surface area contributed by atoms with Crippen LogP contribution in [0.5, 0.6) is 0 Å². The highest BCUT2D eigenvalue weighted by Gasteiger charge is 2.28. The van der Waals surface area contributed by atoms with E-state index in [4.69, 9.17) is 14.2 Å². The molecule has 2 atom stereocenters. The van der Waals surface area contributed by atoms with E-state index in [0.29, 0.717) is 32.7 Å². The number of carbonyl (C=O) groups is 1. The average Bonchev–Trinajstić information content (AvgIpc) is 2.53. The molecule has 140 valence electrons. The predicted octanol–water partition coefficient (Wildman–Crippen LogP) is 2.59. The largest absolute Gasteiger partial charge is 0.444 e. The van der Waals surface area contributed by atoms with Crippen LogP contribution in [0.15, 0.2) is 30.3 Å². The van der Waals surface area contributed by atoms with Crippen LogP contribution in [0.25, 0.3) is 0 Å². The highest BCUT2D eigenvalue weighted by atomic mass is 16.6. The molecule has 0 unspecified atom stereocenters. The molecule has 0 aliphatic carbocycles. The Bertz CT molecular complexity index is 528. The van der Waals surface area contributed by atoms with Crippen molar-refractivity contribution in [2.45, 2.75) is 51.6 Å². The van der Waals surface area contributed by atoms with E-state index in [1.807, 2.05) is 51.1 Å². The Morgan fingerprint density at radius 1 is 1.32 bits per heavy atom. The van der Waals surface area contributed by atoms with E-state index in [0.717, 1.165) is 5.56 Å². The van der Waals surface area contributed by atoms with Gasteiger partial charge in [-0.05, 0) is 32.8 Å². The molecule has 0 aromatic heterocycles. The SMILES string of the molecule is CC(C)(C)OC(=O)N1CC[C@H](O)CO[C@H](COCc2ccccc2)C1. The van der Waals surface area contributed by atoms with Crippen molar-refractivity contribution in [1.29, 1.82) is 0 Å². The Morgan fingerprint density at radius 3 is 2.72 bits per heavy atom. The third-order valence-corrected chi connectivity index (χ3v) is 3.75. The molecule has 1 heterocycles. The summed E-state index contributed by atoms with van der Waals surface area (Å²) in [4.78, 5) is 13.9. The highest BCUT2D eigenvalue weighted by molar-refractivity contribution is 5.68.